The van der Waals surface area contributed by atoms with Gasteiger partial charge in [0.05, 0.1) is 13.2 Å². The number of carbonyl (C=O) groups is 2. The van der Waals surface area contributed by atoms with Crippen molar-refractivity contribution in [1.29, 1.82) is 0 Å². The molecule has 0 spiro atoms. The smallest absolute Gasteiger partial charge is 0.346 e. The molecular weight excluding hydrogens is 346 g/mol. The second-order valence-corrected chi connectivity index (χ2v) is 7.01. The largest absolute Gasteiger partial charge is 0.507 e. The third-order valence-electron chi connectivity index (χ3n) is 5.05. The fourth-order valence-electron chi connectivity index (χ4n) is 3.51. The van der Waals surface area contributed by atoms with Crippen LogP contribution in [-0.2, 0) is 25.5 Å². The maximum atomic E-state index is 12.4. The van der Waals surface area contributed by atoms with Crippen LogP contribution in [0, 0.1) is 0 Å². The highest BCUT2D eigenvalue weighted by Gasteiger charge is 2.37. The van der Waals surface area contributed by atoms with Crippen molar-refractivity contribution in [3.05, 3.63) is 47.2 Å². The molecule has 1 saturated heterocycles. The van der Waals surface area contributed by atoms with E-state index in [1.807, 2.05) is 30.3 Å². The molecule has 1 aromatic carbocycles. The quantitative estimate of drug-likeness (QED) is 0.529. The minimum atomic E-state index is -0.688. The molecule has 0 aromatic heterocycles. The van der Waals surface area contributed by atoms with E-state index in [4.69, 9.17) is 9.47 Å². The second-order valence-electron chi connectivity index (χ2n) is 7.01. The molecule has 2 aliphatic heterocycles. The number of aryl methyl sites for hydroxylation is 1. The molecule has 27 heavy (non-hydrogen) atoms. The Balaban J connectivity index is 1.46. The van der Waals surface area contributed by atoms with Crippen LogP contribution in [0.2, 0.25) is 0 Å². The normalized spacial score (nSPS) is 20.7. The Morgan fingerprint density at radius 1 is 1.15 bits per heavy atom. The molecule has 6 nitrogen and oxygen atoms in total. The molecule has 6 heteroatoms. The van der Waals surface area contributed by atoms with E-state index in [1.54, 1.807) is 0 Å². The molecule has 1 N–H and O–H groups in total. The molecule has 2 heterocycles. The second kappa shape index (κ2) is 9.67. The summed E-state index contributed by atoms with van der Waals surface area (Å²) < 4.78 is 10.5. The van der Waals surface area contributed by atoms with Crippen molar-refractivity contribution >= 4 is 11.8 Å². The average molecular weight is 373 g/mol. The number of esters is 1. The van der Waals surface area contributed by atoms with Crippen LogP contribution >= 0.6 is 0 Å². The first kappa shape index (κ1) is 19.6. The number of hydrogen-bond acceptors (Lipinski definition) is 6. The van der Waals surface area contributed by atoms with Crippen LogP contribution in [0.5, 0.6) is 0 Å². The molecule has 3 rings (SSSR count). The molecule has 146 valence electrons. The van der Waals surface area contributed by atoms with E-state index < -0.39 is 12.1 Å². The lowest BCUT2D eigenvalue weighted by atomic mass is 10.0. The van der Waals surface area contributed by atoms with Gasteiger partial charge in [0, 0.05) is 19.5 Å². The number of Topliss-reactive ketones (excluding diaryl/α,β-unsaturated/α-hetero) is 1. The molecule has 0 saturated carbocycles. The van der Waals surface area contributed by atoms with E-state index in [1.165, 1.54) is 0 Å². The molecule has 0 aliphatic carbocycles. The van der Waals surface area contributed by atoms with Gasteiger partial charge in [0.25, 0.3) is 0 Å². The standard InChI is InChI=1S/C21H27NO5/c23-17(9-4-8-16-6-2-1-3-7-16)19-20(24)18(27-21(19)25)10-5-11-22-12-14-26-15-13-22/h1-3,6-7,18,24H,4-5,8-15H2. The monoisotopic (exact) mass is 373 g/mol. The number of hydrogen-bond donors (Lipinski definition) is 1. The topological polar surface area (TPSA) is 76.1 Å². The summed E-state index contributed by atoms with van der Waals surface area (Å²) in [6.45, 7) is 4.15. The zero-order valence-corrected chi connectivity index (χ0v) is 15.6. The Morgan fingerprint density at radius 2 is 1.89 bits per heavy atom. The van der Waals surface area contributed by atoms with E-state index in [-0.39, 0.29) is 23.5 Å². The summed E-state index contributed by atoms with van der Waals surface area (Å²) in [5.74, 6) is -1.20. The maximum Gasteiger partial charge on any atom is 0.346 e. The lowest BCUT2D eigenvalue weighted by Gasteiger charge is -2.26. The molecular formula is C21H27NO5. The minimum Gasteiger partial charge on any atom is -0.507 e. The summed E-state index contributed by atoms with van der Waals surface area (Å²) in [6.07, 6.45) is 2.25. The first-order valence-corrected chi connectivity index (χ1v) is 9.66. The third-order valence-corrected chi connectivity index (χ3v) is 5.05. The van der Waals surface area contributed by atoms with Gasteiger partial charge in [0.1, 0.15) is 5.57 Å². The SMILES string of the molecule is O=C(CCCc1ccccc1)C1=C(O)C(CCCN2CCOCC2)OC1=O. The summed E-state index contributed by atoms with van der Waals surface area (Å²) in [6, 6.07) is 9.89. The van der Waals surface area contributed by atoms with Crippen LogP contribution in [0.3, 0.4) is 0 Å². The van der Waals surface area contributed by atoms with Crippen LogP contribution in [0.25, 0.3) is 0 Å². The Hall–Kier alpha value is -2.18. The fraction of sp³-hybridized carbons (Fsp3) is 0.524. The highest BCUT2D eigenvalue weighted by atomic mass is 16.6. The first-order chi connectivity index (χ1) is 13.1. The maximum absolute atomic E-state index is 12.4. The molecule has 1 unspecified atom stereocenters. The Morgan fingerprint density at radius 3 is 2.63 bits per heavy atom. The van der Waals surface area contributed by atoms with E-state index in [0.717, 1.165) is 51.3 Å². The predicted molar refractivity (Wildman–Crippen MR) is 100 cm³/mol. The van der Waals surface area contributed by atoms with Crippen LogP contribution in [0.1, 0.15) is 31.2 Å². The van der Waals surface area contributed by atoms with Crippen LogP contribution in [0.4, 0.5) is 0 Å². The van der Waals surface area contributed by atoms with Gasteiger partial charge in [0.15, 0.2) is 17.6 Å². The van der Waals surface area contributed by atoms with Gasteiger partial charge in [-0.25, -0.2) is 4.79 Å². The summed E-state index contributed by atoms with van der Waals surface area (Å²) >= 11 is 0. The number of aliphatic hydroxyl groups is 1. The van der Waals surface area contributed by atoms with E-state index in [2.05, 4.69) is 4.90 Å². The summed E-state index contributed by atoms with van der Waals surface area (Å²) in [4.78, 5) is 26.7. The molecule has 1 atom stereocenters. The average Bonchev–Trinajstić information content (AvgIpc) is 2.97. The summed E-state index contributed by atoms with van der Waals surface area (Å²) in [7, 11) is 0. The van der Waals surface area contributed by atoms with Gasteiger partial charge < -0.3 is 14.6 Å². The molecule has 2 aliphatic rings. The lowest BCUT2D eigenvalue weighted by Crippen LogP contribution is -2.37. The Bertz CT molecular complexity index is 679. The van der Waals surface area contributed by atoms with Gasteiger partial charge >= 0.3 is 5.97 Å². The highest BCUT2D eigenvalue weighted by Crippen LogP contribution is 2.26. The van der Waals surface area contributed by atoms with Crippen LogP contribution < -0.4 is 0 Å². The first-order valence-electron chi connectivity index (χ1n) is 9.66. The number of nitrogens with zero attached hydrogens (tertiary/aromatic N) is 1. The Labute approximate surface area is 159 Å². The number of carbonyl (C=O) groups excluding carboxylic acids is 2. The van der Waals surface area contributed by atoms with Gasteiger partial charge in [-0.2, -0.15) is 0 Å². The van der Waals surface area contributed by atoms with Crippen molar-refractivity contribution < 1.29 is 24.2 Å². The molecule has 0 amide bonds. The summed E-state index contributed by atoms with van der Waals surface area (Å²) in [5.41, 5.74) is 0.998. The number of ether oxygens (including phenoxy) is 2. The van der Waals surface area contributed by atoms with Crippen molar-refractivity contribution in [2.45, 2.75) is 38.2 Å². The molecule has 0 bridgehead atoms. The van der Waals surface area contributed by atoms with Crippen molar-refractivity contribution in [3.8, 4) is 0 Å². The van der Waals surface area contributed by atoms with E-state index >= 15 is 0 Å². The van der Waals surface area contributed by atoms with Gasteiger partial charge in [0.2, 0.25) is 0 Å². The van der Waals surface area contributed by atoms with E-state index in [0.29, 0.717) is 12.8 Å². The van der Waals surface area contributed by atoms with Crippen molar-refractivity contribution in [3.63, 3.8) is 0 Å². The van der Waals surface area contributed by atoms with Crippen molar-refractivity contribution in [2.24, 2.45) is 0 Å². The third kappa shape index (κ3) is 5.40. The zero-order chi connectivity index (χ0) is 19.1. The van der Waals surface area contributed by atoms with Crippen LogP contribution in [-0.4, -0.2) is 60.7 Å². The number of cyclic esters (lactones) is 1. The Kier molecular flexibility index (Phi) is 7.01. The lowest BCUT2D eigenvalue weighted by molar-refractivity contribution is -0.141. The molecule has 0 radical (unpaired) electrons. The predicted octanol–water partition coefficient (Wildman–Crippen LogP) is 2.43. The van der Waals surface area contributed by atoms with Gasteiger partial charge in [-0.05, 0) is 37.8 Å². The van der Waals surface area contributed by atoms with E-state index in [9.17, 15) is 14.7 Å². The van der Waals surface area contributed by atoms with Crippen LogP contribution in [0.15, 0.2) is 41.7 Å². The number of morpholine rings is 1. The molecule has 1 fully saturated rings. The number of ketones is 1. The molecule has 1 aromatic rings. The van der Waals surface area contributed by atoms with Crippen molar-refractivity contribution in [2.75, 3.05) is 32.8 Å². The number of aliphatic hydroxyl groups excluding tert-OH is 1. The number of rotatable bonds is 9. The summed E-state index contributed by atoms with van der Waals surface area (Å²) in [5, 5.41) is 10.3. The van der Waals surface area contributed by atoms with Gasteiger partial charge in [-0.3, -0.25) is 9.69 Å². The van der Waals surface area contributed by atoms with Gasteiger partial charge in [-0.1, -0.05) is 30.3 Å². The van der Waals surface area contributed by atoms with Gasteiger partial charge in [-0.15, -0.1) is 0 Å². The highest BCUT2D eigenvalue weighted by molar-refractivity contribution is 6.19. The fourth-order valence-corrected chi connectivity index (χ4v) is 3.51. The zero-order valence-electron chi connectivity index (χ0n) is 15.6. The number of benzene rings is 1. The minimum absolute atomic E-state index is 0.153. The van der Waals surface area contributed by atoms with Crippen molar-refractivity contribution in [1.82, 2.24) is 4.90 Å².